The molecule has 0 fully saturated rings. The third-order valence-electron chi connectivity index (χ3n) is 2.51. The molecule has 2 aromatic rings. The number of nitrogens with zero attached hydrogens (tertiary/aromatic N) is 3. The SMILES string of the molecule is COCc1nc(N)cc(Oc2cc(C#N)cc(OC)c2)n1. The van der Waals surface area contributed by atoms with E-state index in [2.05, 4.69) is 9.97 Å². The summed E-state index contributed by atoms with van der Waals surface area (Å²) in [4.78, 5) is 8.18. The van der Waals surface area contributed by atoms with Gasteiger partial charge in [0.25, 0.3) is 0 Å². The van der Waals surface area contributed by atoms with Gasteiger partial charge >= 0.3 is 0 Å². The summed E-state index contributed by atoms with van der Waals surface area (Å²) in [6.07, 6.45) is 0. The van der Waals surface area contributed by atoms with Crippen molar-refractivity contribution in [2.24, 2.45) is 0 Å². The van der Waals surface area contributed by atoms with E-state index in [-0.39, 0.29) is 18.3 Å². The molecule has 0 saturated carbocycles. The summed E-state index contributed by atoms with van der Waals surface area (Å²) in [5, 5.41) is 8.98. The van der Waals surface area contributed by atoms with Gasteiger partial charge in [0.15, 0.2) is 5.82 Å². The molecule has 1 aromatic carbocycles. The first-order chi connectivity index (χ1) is 10.1. The lowest BCUT2D eigenvalue weighted by Gasteiger charge is -2.09. The van der Waals surface area contributed by atoms with Crippen LogP contribution in [0.5, 0.6) is 17.4 Å². The minimum atomic E-state index is 0.225. The highest BCUT2D eigenvalue weighted by Gasteiger charge is 2.07. The standard InChI is InChI=1S/C14H14N4O3/c1-19-8-13-17-12(16)6-14(18-13)21-11-4-9(7-15)3-10(5-11)20-2/h3-6H,8H2,1-2H3,(H2,16,17,18). The summed E-state index contributed by atoms with van der Waals surface area (Å²) in [5.41, 5.74) is 6.11. The maximum Gasteiger partial charge on any atom is 0.224 e. The Morgan fingerprint density at radius 3 is 2.57 bits per heavy atom. The van der Waals surface area contributed by atoms with Crippen molar-refractivity contribution in [3.05, 3.63) is 35.7 Å². The molecule has 108 valence electrons. The van der Waals surface area contributed by atoms with Crippen LogP contribution in [0.15, 0.2) is 24.3 Å². The Labute approximate surface area is 121 Å². The van der Waals surface area contributed by atoms with Crippen molar-refractivity contribution < 1.29 is 14.2 Å². The molecule has 0 atom stereocenters. The van der Waals surface area contributed by atoms with E-state index in [9.17, 15) is 0 Å². The Morgan fingerprint density at radius 1 is 1.14 bits per heavy atom. The molecule has 0 radical (unpaired) electrons. The average molecular weight is 286 g/mol. The second-order valence-electron chi connectivity index (χ2n) is 4.09. The number of benzene rings is 1. The number of nitriles is 1. The van der Waals surface area contributed by atoms with E-state index in [0.29, 0.717) is 22.9 Å². The number of hydrogen-bond donors (Lipinski definition) is 1. The molecule has 0 unspecified atom stereocenters. The van der Waals surface area contributed by atoms with Gasteiger partial charge in [0.2, 0.25) is 5.88 Å². The summed E-state index contributed by atoms with van der Waals surface area (Å²) in [5.74, 6) is 1.90. The number of anilines is 1. The molecule has 0 spiro atoms. The highest BCUT2D eigenvalue weighted by atomic mass is 16.5. The number of rotatable bonds is 5. The van der Waals surface area contributed by atoms with Crippen LogP contribution in [0.3, 0.4) is 0 Å². The zero-order valence-corrected chi connectivity index (χ0v) is 11.7. The van der Waals surface area contributed by atoms with E-state index >= 15 is 0 Å². The van der Waals surface area contributed by atoms with Crippen LogP contribution in [0.25, 0.3) is 0 Å². The molecule has 1 aromatic heterocycles. The van der Waals surface area contributed by atoms with Gasteiger partial charge in [-0.3, -0.25) is 0 Å². The molecular formula is C14H14N4O3. The molecule has 0 saturated heterocycles. The first kappa shape index (κ1) is 14.6. The predicted molar refractivity (Wildman–Crippen MR) is 74.9 cm³/mol. The molecule has 7 heteroatoms. The van der Waals surface area contributed by atoms with E-state index in [1.165, 1.54) is 20.3 Å². The monoisotopic (exact) mass is 286 g/mol. The summed E-state index contributed by atoms with van der Waals surface area (Å²) in [6.45, 7) is 0.225. The van der Waals surface area contributed by atoms with Crippen LogP contribution in [0.2, 0.25) is 0 Å². The summed E-state index contributed by atoms with van der Waals surface area (Å²) >= 11 is 0. The number of nitrogens with two attached hydrogens (primary N) is 1. The van der Waals surface area contributed by atoms with Crippen LogP contribution < -0.4 is 15.2 Å². The van der Waals surface area contributed by atoms with Gasteiger partial charge in [-0.2, -0.15) is 10.2 Å². The van der Waals surface area contributed by atoms with Crippen molar-refractivity contribution in [3.63, 3.8) is 0 Å². The zero-order valence-electron chi connectivity index (χ0n) is 11.7. The van der Waals surface area contributed by atoms with E-state index in [1.54, 1.807) is 18.2 Å². The van der Waals surface area contributed by atoms with Crippen LogP contribution >= 0.6 is 0 Å². The summed E-state index contributed by atoms with van der Waals surface area (Å²) in [6, 6.07) is 8.36. The minimum absolute atomic E-state index is 0.225. The largest absolute Gasteiger partial charge is 0.497 e. The average Bonchev–Trinajstić information content (AvgIpc) is 2.46. The summed E-state index contributed by atoms with van der Waals surface area (Å²) < 4.78 is 15.7. The number of hydrogen-bond acceptors (Lipinski definition) is 7. The van der Waals surface area contributed by atoms with Crippen LogP contribution in [-0.4, -0.2) is 24.2 Å². The van der Waals surface area contributed by atoms with Crippen molar-refractivity contribution in [2.45, 2.75) is 6.61 Å². The molecule has 0 aliphatic rings. The lowest BCUT2D eigenvalue weighted by molar-refractivity contribution is 0.177. The highest BCUT2D eigenvalue weighted by molar-refractivity contribution is 5.45. The fourth-order valence-corrected chi connectivity index (χ4v) is 1.67. The summed E-state index contributed by atoms with van der Waals surface area (Å²) in [7, 11) is 3.05. The Kier molecular flexibility index (Phi) is 4.53. The Balaban J connectivity index is 2.31. The van der Waals surface area contributed by atoms with Gasteiger partial charge in [-0.25, -0.2) is 4.98 Å². The normalized spacial score (nSPS) is 9.95. The van der Waals surface area contributed by atoms with Crippen LogP contribution in [0.1, 0.15) is 11.4 Å². The van der Waals surface area contributed by atoms with Gasteiger partial charge < -0.3 is 19.9 Å². The van der Waals surface area contributed by atoms with Gasteiger partial charge in [-0.1, -0.05) is 0 Å². The number of methoxy groups -OCH3 is 2. The van der Waals surface area contributed by atoms with Crippen molar-refractivity contribution >= 4 is 5.82 Å². The molecule has 2 rings (SSSR count). The minimum Gasteiger partial charge on any atom is -0.497 e. The van der Waals surface area contributed by atoms with Crippen molar-refractivity contribution in [2.75, 3.05) is 20.0 Å². The smallest absolute Gasteiger partial charge is 0.224 e. The number of ether oxygens (including phenoxy) is 3. The van der Waals surface area contributed by atoms with Crippen LogP contribution in [0, 0.1) is 11.3 Å². The molecule has 0 aliphatic carbocycles. The molecular weight excluding hydrogens is 272 g/mol. The Bertz CT molecular complexity index is 682. The number of nitrogen functional groups attached to an aromatic ring is 1. The molecule has 0 aliphatic heterocycles. The zero-order chi connectivity index (χ0) is 15.2. The van der Waals surface area contributed by atoms with Gasteiger partial charge in [0.05, 0.1) is 18.7 Å². The van der Waals surface area contributed by atoms with Crippen molar-refractivity contribution in [3.8, 4) is 23.4 Å². The van der Waals surface area contributed by atoms with E-state index in [1.807, 2.05) is 6.07 Å². The number of aromatic nitrogens is 2. The highest BCUT2D eigenvalue weighted by Crippen LogP contribution is 2.26. The lowest BCUT2D eigenvalue weighted by atomic mass is 10.2. The second kappa shape index (κ2) is 6.54. The van der Waals surface area contributed by atoms with Gasteiger partial charge in [0, 0.05) is 19.2 Å². The lowest BCUT2D eigenvalue weighted by Crippen LogP contribution is -2.02. The fraction of sp³-hybridized carbons (Fsp3) is 0.214. The second-order valence-corrected chi connectivity index (χ2v) is 4.09. The topological polar surface area (TPSA) is 103 Å². The molecule has 0 bridgehead atoms. The molecule has 0 amide bonds. The van der Waals surface area contributed by atoms with Crippen LogP contribution in [-0.2, 0) is 11.3 Å². The van der Waals surface area contributed by atoms with E-state index in [4.69, 9.17) is 25.2 Å². The third kappa shape index (κ3) is 3.81. The van der Waals surface area contributed by atoms with Crippen LogP contribution in [0.4, 0.5) is 5.82 Å². The maximum absolute atomic E-state index is 8.98. The first-order valence-electron chi connectivity index (χ1n) is 6.04. The van der Waals surface area contributed by atoms with Gasteiger partial charge in [-0.05, 0) is 12.1 Å². The third-order valence-corrected chi connectivity index (χ3v) is 2.51. The van der Waals surface area contributed by atoms with Gasteiger partial charge in [-0.15, -0.1) is 0 Å². The van der Waals surface area contributed by atoms with Crippen molar-refractivity contribution in [1.82, 2.24) is 9.97 Å². The fourth-order valence-electron chi connectivity index (χ4n) is 1.67. The van der Waals surface area contributed by atoms with E-state index < -0.39 is 0 Å². The Hall–Kier alpha value is -2.85. The predicted octanol–water partition coefficient (Wildman–Crippen LogP) is 1.88. The quantitative estimate of drug-likeness (QED) is 0.894. The molecule has 2 N–H and O–H groups in total. The Morgan fingerprint density at radius 2 is 1.90 bits per heavy atom. The van der Waals surface area contributed by atoms with Gasteiger partial charge in [0.1, 0.15) is 23.9 Å². The first-order valence-corrected chi connectivity index (χ1v) is 6.04. The van der Waals surface area contributed by atoms with Crippen molar-refractivity contribution in [1.29, 1.82) is 5.26 Å². The molecule has 21 heavy (non-hydrogen) atoms. The van der Waals surface area contributed by atoms with E-state index in [0.717, 1.165) is 0 Å². The molecule has 1 heterocycles. The maximum atomic E-state index is 8.98. The molecule has 7 nitrogen and oxygen atoms in total.